The lowest BCUT2D eigenvalue weighted by Crippen LogP contribution is -2.41. The molecule has 4 rings (SSSR count). The van der Waals surface area contributed by atoms with Gasteiger partial charge in [-0.05, 0) is 56.2 Å². The third-order valence-electron chi connectivity index (χ3n) is 5.09. The van der Waals surface area contributed by atoms with Gasteiger partial charge in [-0.25, -0.2) is 14.4 Å². The van der Waals surface area contributed by atoms with Gasteiger partial charge in [-0.3, -0.25) is 4.79 Å². The minimum Gasteiger partial charge on any atom is -0.354 e. The molecule has 1 aliphatic rings. The van der Waals surface area contributed by atoms with Crippen LogP contribution in [0.3, 0.4) is 0 Å². The number of amides is 1. The van der Waals surface area contributed by atoms with Crippen molar-refractivity contribution in [1.82, 2.24) is 9.97 Å². The van der Waals surface area contributed by atoms with E-state index in [1.807, 2.05) is 0 Å². The number of nitrogens with one attached hydrogen (secondary N) is 1. The summed E-state index contributed by atoms with van der Waals surface area (Å²) in [5.41, 5.74) is 1.82. The maximum Gasteiger partial charge on any atom is 0.229 e. The summed E-state index contributed by atoms with van der Waals surface area (Å²) in [7, 11) is 0. The van der Waals surface area contributed by atoms with E-state index in [0.717, 1.165) is 35.1 Å². The quantitative estimate of drug-likeness (QED) is 0.632. The fourth-order valence-electron chi connectivity index (χ4n) is 3.49. The van der Waals surface area contributed by atoms with Crippen molar-refractivity contribution >= 4 is 29.2 Å². The Morgan fingerprint density at radius 2 is 1.83 bits per heavy atom. The van der Waals surface area contributed by atoms with Gasteiger partial charge in [0.2, 0.25) is 5.91 Å². The number of halogens is 1. The average Bonchev–Trinajstić information content (AvgIpc) is 2.77. The Kier molecular flexibility index (Phi) is 6.28. The highest BCUT2D eigenvalue weighted by atomic mass is 32.2. The molecule has 0 aliphatic carbocycles. The molecule has 0 bridgehead atoms. The molecule has 0 radical (unpaired) electrons. The summed E-state index contributed by atoms with van der Waals surface area (Å²) in [6.07, 6.45) is 5.09. The topological polar surface area (TPSA) is 58.1 Å². The van der Waals surface area contributed by atoms with Crippen molar-refractivity contribution in [3.63, 3.8) is 0 Å². The minimum atomic E-state index is -0.321. The highest BCUT2D eigenvalue weighted by Crippen LogP contribution is 2.34. The molecular weight excluding hydrogens is 399 g/mol. The molecule has 1 fully saturated rings. The van der Waals surface area contributed by atoms with Crippen molar-refractivity contribution in [1.29, 1.82) is 0 Å². The number of aryl methyl sites for hydroxylation is 1. The maximum atomic E-state index is 13.1. The second kappa shape index (κ2) is 9.26. The van der Waals surface area contributed by atoms with Crippen LogP contribution in [0, 0.1) is 18.7 Å². The predicted octanol–water partition coefficient (Wildman–Crippen LogP) is 4.93. The number of piperidine rings is 1. The van der Waals surface area contributed by atoms with Gasteiger partial charge in [0, 0.05) is 36.1 Å². The lowest BCUT2D eigenvalue weighted by molar-refractivity contribution is -0.120. The van der Waals surface area contributed by atoms with E-state index in [1.165, 1.54) is 17.7 Å². The first-order valence-electron chi connectivity index (χ1n) is 9.95. The number of benzene rings is 2. The lowest BCUT2D eigenvalue weighted by atomic mass is 9.97. The molecule has 5 nitrogen and oxygen atoms in total. The number of hydrogen-bond donors (Lipinski definition) is 1. The van der Waals surface area contributed by atoms with Crippen molar-refractivity contribution in [2.75, 3.05) is 23.3 Å². The molecule has 0 spiro atoms. The average molecular weight is 423 g/mol. The highest BCUT2D eigenvalue weighted by molar-refractivity contribution is 7.99. The van der Waals surface area contributed by atoms with Crippen LogP contribution in [0.5, 0.6) is 0 Å². The van der Waals surface area contributed by atoms with Crippen molar-refractivity contribution in [3.05, 3.63) is 72.3 Å². The first-order valence-corrected chi connectivity index (χ1v) is 10.8. The van der Waals surface area contributed by atoms with Crippen LogP contribution in [0.4, 0.5) is 15.9 Å². The van der Waals surface area contributed by atoms with Gasteiger partial charge >= 0.3 is 0 Å². The van der Waals surface area contributed by atoms with Crippen LogP contribution in [0.2, 0.25) is 0 Å². The van der Waals surface area contributed by atoms with Gasteiger partial charge in [0.25, 0.3) is 0 Å². The maximum absolute atomic E-state index is 13.1. The first-order chi connectivity index (χ1) is 14.6. The SMILES string of the molecule is Cc1ccc(Sc2nccnc2N2CCC[C@H](C(=O)Nc3ccc(F)cc3)C2)cc1. The first kappa shape index (κ1) is 20.3. The van der Waals surface area contributed by atoms with Gasteiger partial charge in [0.15, 0.2) is 5.82 Å². The van der Waals surface area contributed by atoms with Crippen LogP contribution in [0.25, 0.3) is 0 Å². The largest absolute Gasteiger partial charge is 0.354 e. The smallest absolute Gasteiger partial charge is 0.229 e. The van der Waals surface area contributed by atoms with Gasteiger partial charge < -0.3 is 10.2 Å². The van der Waals surface area contributed by atoms with Crippen LogP contribution < -0.4 is 10.2 Å². The zero-order valence-electron chi connectivity index (χ0n) is 16.7. The number of rotatable bonds is 5. The summed E-state index contributed by atoms with van der Waals surface area (Å²) in [4.78, 5) is 25.1. The normalized spacial score (nSPS) is 16.3. The summed E-state index contributed by atoms with van der Waals surface area (Å²) in [6.45, 7) is 3.47. The highest BCUT2D eigenvalue weighted by Gasteiger charge is 2.28. The zero-order valence-corrected chi connectivity index (χ0v) is 17.5. The van der Waals surface area contributed by atoms with E-state index in [2.05, 4.69) is 51.4 Å². The molecule has 1 atom stereocenters. The molecule has 30 heavy (non-hydrogen) atoms. The van der Waals surface area contributed by atoms with Gasteiger partial charge in [-0.1, -0.05) is 29.5 Å². The second-order valence-corrected chi connectivity index (χ2v) is 8.44. The molecule has 1 saturated heterocycles. The number of carbonyl (C=O) groups is 1. The van der Waals surface area contributed by atoms with E-state index in [9.17, 15) is 9.18 Å². The number of aromatic nitrogens is 2. The third kappa shape index (κ3) is 4.97. The molecule has 2 aromatic carbocycles. The molecule has 2 heterocycles. The number of nitrogens with zero attached hydrogens (tertiary/aromatic N) is 3. The number of carbonyl (C=O) groups excluding carboxylic acids is 1. The molecule has 1 aliphatic heterocycles. The Bertz CT molecular complexity index is 1010. The van der Waals surface area contributed by atoms with Crippen molar-refractivity contribution < 1.29 is 9.18 Å². The van der Waals surface area contributed by atoms with Crippen molar-refractivity contribution in [2.45, 2.75) is 29.7 Å². The summed E-state index contributed by atoms with van der Waals surface area (Å²) in [5, 5.41) is 3.73. The van der Waals surface area contributed by atoms with E-state index in [1.54, 1.807) is 36.3 Å². The molecule has 1 N–H and O–H groups in total. The fourth-order valence-corrected chi connectivity index (χ4v) is 4.37. The minimum absolute atomic E-state index is 0.0528. The van der Waals surface area contributed by atoms with E-state index in [0.29, 0.717) is 12.2 Å². The molecule has 154 valence electrons. The summed E-state index contributed by atoms with van der Waals surface area (Å²) in [5.74, 6) is 0.270. The van der Waals surface area contributed by atoms with Crippen molar-refractivity contribution in [2.24, 2.45) is 5.92 Å². The van der Waals surface area contributed by atoms with Gasteiger partial charge in [0.05, 0.1) is 5.92 Å². The predicted molar refractivity (Wildman–Crippen MR) is 117 cm³/mol. The molecule has 7 heteroatoms. The van der Waals surface area contributed by atoms with Gasteiger partial charge in [0.1, 0.15) is 10.8 Å². The number of hydrogen-bond acceptors (Lipinski definition) is 5. The molecule has 1 amide bonds. The van der Waals surface area contributed by atoms with E-state index >= 15 is 0 Å². The lowest BCUT2D eigenvalue weighted by Gasteiger charge is -2.33. The van der Waals surface area contributed by atoms with Crippen LogP contribution in [0.15, 0.2) is 70.8 Å². The fraction of sp³-hybridized carbons (Fsp3) is 0.261. The molecule has 3 aromatic rings. The summed E-state index contributed by atoms with van der Waals surface area (Å²) >= 11 is 1.58. The summed E-state index contributed by atoms with van der Waals surface area (Å²) in [6, 6.07) is 14.2. The van der Waals surface area contributed by atoms with Gasteiger partial charge in [-0.2, -0.15) is 0 Å². The third-order valence-corrected chi connectivity index (χ3v) is 6.07. The Labute approximate surface area is 179 Å². The van der Waals surface area contributed by atoms with E-state index in [-0.39, 0.29) is 17.6 Å². The van der Waals surface area contributed by atoms with Crippen LogP contribution >= 0.6 is 11.8 Å². The molecular formula is C23H23FN4OS. The van der Waals surface area contributed by atoms with Crippen molar-refractivity contribution in [3.8, 4) is 0 Å². The molecule has 1 aromatic heterocycles. The molecule has 0 unspecified atom stereocenters. The van der Waals surface area contributed by atoms with Crippen LogP contribution in [-0.4, -0.2) is 29.0 Å². The Morgan fingerprint density at radius 3 is 2.60 bits per heavy atom. The Balaban J connectivity index is 1.47. The van der Waals surface area contributed by atoms with E-state index < -0.39 is 0 Å². The Morgan fingerprint density at radius 1 is 1.10 bits per heavy atom. The standard InChI is InChI=1S/C23H23FN4OS/c1-16-4-10-20(11-5-16)30-23-21(25-12-13-26-23)28-14-2-3-17(15-28)22(29)27-19-8-6-18(24)7-9-19/h4-13,17H,2-3,14-15H2,1H3,(H,27,29)/t17-/m0/s1. The van der Waals surface area contributed by atoms with Crippen LogP contribution in [-0.2, 0) is 4.79 Å². The van der Waals surface area contributed by atoms with E-state index in [4.69, 9.17) is 0 Å². The van der Waals surface area contributed by atoms with Crippen LogP contribution in [0.1, 0.15) is 18.4 Å². The second-order valence-electron chi connectivity index (χ2n) is 7.38. The monoisotopic (exact) mass is 422 g/mol. The zero-order chi connectivity index (χ0) is 20.9. The Hall–Kier alpha value is -2.93. The summed E-state index contributed by atoms with van der Waals surface area (Å²) < 4.78 is 13.1. The van der Waals surface area contributed by atoms with Gasteiger partial charge in [-0.15, -0.1) is 0 Å². The number of anilines is 2. The molecule has 0 saturated carbocycles.